The van der Waals surface area contributed by atoms with Crippen LogP contribution in [0, 0.1) is 0 Å². The first-order chi connectivity index (χ1) is 10.6. The fourth-order valence-corrected chi connectivity index (χ4v) is 5.10. The van der Waals surface area contributed by atoms with Crippen LogP contribution in [-0.2, 0) is 9.05 Å². The van der Waals surface area contributed by atoms with E-state index in [1.54, 1.807) is 0 Å². The highest BCUT2D eigenvalue weighted by molar-refractivity contribution is 8.14. The Morgan fingerprint density at radius 1 is 0.739 bits per heavy atom. The molecule has 0 saturated heterocycles. The number of hydrogen-bond donors (Lipinski definition) is 0. The molecule has 0 heterocycles. The molecule has 0 aliphatic heterocycles. The third kappa shape index (κ3) is 3.27. The number of fused-ring (bicyclic) bond motifs is 1. The second-order valence-corrected chi connectivity index (χ2v) is 9.52. The lowest BCUT2D eigenvalue weighted by molar-refractivity contribution is 0.607. The van der Waals surface area contributed by atoms with Crippen molar-refractivity contribution in [1.29, 1.82) is 0 Å². The Balaban J connectivity index is 3.23. The first-order valence-electron chi connectivity index (χ1n) is 8.10. The van der Waals surface area contributed by atoms with Gasteiger partial charge in [-0.25, -0.2) is 8.42 Å². The molecule has 0 unspecified atom stereocenters. The summed E-state index contributed by atoms with van der Waals surface area (Å²) in [7, 11) is 2.04. The summed E-state index contributed by atoms with van der Waals surface area (Å²) < 4.78 is 24.8. The van der Waals surface area contributed by atoms with E-state index >= 15 is 0 Å². The molecule has 0 amide bonds. The van der Waals surface area contributed by atoms with Gasteiger partial charge in [-0.05, 0) is 39.8 Å². The van der Waals surface area contributed by atoms with Crippen molar-refractivity contribution in [2.45, 2.75) is 64.2 Å². The van der Waals surface area contributed by atoms with Crippen LogP contribution in [0.4, 0.5) is 0 Å². The second kappa shape index (κ2) is 6.45. The molecule has 2 aromatic rings. The summed E-state index contributed by atoms with van der Waals surface area (Å²) in [6, 6.07) is 7.70. The van der Waals surface area contributed by atoms with Crippen LogP contribution in [0.3, 0.4) is 0 Å². The van der Waals surface area contributed by atoms with Gasteiger partial charge in [0.2, 0.25) is 0 Å². The molecule has 0 saturated carbocycles. The molecule has 0 aliphatic rings. The Bertz CT molecular complexity index is 834. The van der Waals surface area contributed by atoms with Gasteiger partial charge in [-0.15, -0.1) is 0 Å². The molecular formula is C19H25ClO2S. The average Bonchev–Trinajstić information content (AvgIpc) is 2.42. The van der Waals surface area contributed by atoms with Crippen LogP contribution >= 0.6 is 10.7 Å². The number of halogens is 1. The van der Waals surface area contributed by atoms with E-state index in [2.05, 4.69) is 27.7 Å². The SMILES string of the molecule is CC(C)c1c(C(C)C)c(S(=O)(=O)Cl)c2ccccc2c1C(C)C. The minimum Gasteiger partial charge on any atom is -0.207 e. The molecule has 0 atom stereocenters. The predicted octanol–water partition coefficient (Wildman–Crippen LogP) is 6.14. The lowest BCUT2D eigenvalue weighted by atomic mass is 9.80. The molecule has 0 spiro atoms. The van der Waals surface area contributed by atoms with Crippen molar-refractivity contribution >= 4 is 30.5 Å². The molecule has 2 nitrogen and oxygen atoms in total. The molecule has 0 fully saturated rings. The van der Waals surface area contributed by atoms with Crippen molar-refractivity contribution in [1.82, 2.24) is 0 Å². The van der Waals surface area contributed by atoms with Gasteiger partial charge in [0.15, 0.2) is 0 Å². The molecule has 2 rings (SSSR count). The van der Waals surface area contributed by atoms with Crippen LogP contribution in [0.15, 0.2) is 29.2 Å². The highest BCUT2D eigenvalue weighted by atomic mass is 35.7. The smallest absolute Gasteiger partial charge is 0.207 e. The van der Waals surface area contributed by atoms with E-state index in [1.165, 1.54) is 5.56 Å². The van der Waals surface area contributed by atoms with Gasteiger partial charge in [-0.3, -0.25) is 0 Å². The van der Waals surface area contributed by atoms with Gasteiger partial charge < -0.3 is 0 Å². The average molecular weight is 353 g/mol. The Morgan fingerprint density at radius 3 is 1.57 bits per heavy atom. The van der Waals surface area contributed by atoms with E-state index in [4.69, 9.17) is 10.7 Å². The molecule has 0 N–H and O–H groups in total. The van der Waals surface area contributed by atoms with Gasteiger partial charge in [0.05, 0.1) is 4.90 Å². The Hall–Kier alpha value is -1.06. The second-order valence-electron chi connectivity index (χ2n) is 7.02. The molecule has 4 heteroatoms. The van der Waals surface area contributed by atoms with Gasteiger partial charge in [0.1, 0.15) is 0 Å². The summed E-state index contributed by atoms with van der Waals surface area (Å²) in [5.74, 6) is 0.617. The van der Waals surface area contributed by atoms with Crippen molar-refractivity contribution < 1.29 is 8.42 Å². The van der Waals surface area contributed by atoms with Gasteiger partial charge in [-0.2, -0.15) is 0 Å². The van der Waals surface area contributed by atoms with E-state index in [0.717, 1.165) is 21.9 Å². The van der Waals surface area contributed by atoms with Crippen molar-refractivity contribution in [2.75, 3.05) is 0 Å². The Labute approximate surface area is 144 Å². The summed E-state index contributed by atoms with van der Waals surface area (Å²) >= 11 is 0. The highest BCUT2D eigenvalue weighted by Gasteiger charge is 2.29. The molecule has 0 radical (unpaired) electrons. The maximum atomic E-state index is 12.4. The molecule has 126 valence electrons. The first-order valence-corrected chi connectivity index (χ1v) is 10.4. The first kappa shape index (κ1) is 18.3. The standard InChI is InChI=1S/C19H25ClO2S/c1-11(2)16-14-9-7-8-10-15(14)19(23(20,21)22)18(13(5)6)17(16)12(3)4/h7-13H,1-6H3. The minimum atomic E-state index is -3.83. The zero-order valence-electron chi connectivity index (χ0n) is 14.6. The number of benzene rings is 2. The van der Waals surface area contributed by atoms with Crippen LogP contribution in [0.2, 0.25) is 0 Å². The van der Waals surface area contributed by atoms with Gasteiger partial charge in [-0.1, -0.05) is 65.8 Å². The molecule has 23 heavy (non-hydrogen) atoms. The molecule has 0 aliphatic carbocycles. The summed E-state index contributed by atoms with van der Waals surface area (Å²) in [6.45, 7) is 12.6. The fraction of sp³-hybridized carbons (Fsp3) is 0.474. The largest absolute Gasteiger partial charge is 0.262 e. The van der Waals surface area contributed by atoms with E-state index in [9.17, 15) is 8.42 Å². The quantitative estimate of drug-likeness (QED) is 0.619. The maximum Gasteiger partial charge on any atom is 0.262 e. The van der Waals surface area contributed by atoms with Crippen molar-refractivity contribution in [3.8, 4) is 0 Å². The van der Waals surface area contributed by atoms with Crippen molar-refractivity contribution in [3.63, 3.8) is 0 Å². The number of hydrogen-bond acceptors (Lipinski definition) is 2. The fourth-order valence-electron chi connectivity index (χ4n) is 3.55. The van der Waals surface area contributed by atoms with E-state index < -0.39 is 9.05 Å². The van der Waals surface area contributed by atoms with E-state index in [-0.39, 0.29) is 16.7 Å². The summed E-state index contributed by atoms with van der Waals surface area (Å²) in [5.41, 5.74) is 3.24. The molecular weight excluding hydrogens is 328 g/mol. The van der Waals surface area contributed by atoms with Crippen LogP contribution in [0.5, 0.6) is 0 Å². The lowest BCUT2D eigenvalue weighted by Crippen LogP contribution is -2.12. The highest BCUT2D eigenvalue weighted by Crippen LogP contribution is 2.44. The van der Waals surface area contributed by atoms with Crippen molar-refractivity contribution in [3.05, 3.63) is 41.0 Å². The predicted molar refractivity (Wildman–Crippen MR) is 99.3 cm³/mol. The topological polar surface area (TPSA) is 34.1 Å². The zero-order chi connectivity index (χ0) is 17.5. The summed E-state index contributed by atoms with van der Waals surface area (Å²) in [5, 5.41) is 1.73. The summed E-state index contributed by atoms with van der Waals surface area (Å²) in [6.07, 6.45) is 0. The van der Waals surface area contributed by atoms with Gasteiger partial charge in [0.25, 0.3) is 9.05 Å². The third-order valence-corrected chi connectivity index (χ3v) is 5.65. The summed E-state index contributed by atoms with van der Waals surface area (Å²) in [4.78, 5) is 0.290. The van der Waals surface area contributed by atoms with Gasteiger partial charge in [0, 0.05) is 16.1 Å². The van der Waals surface area contributed by atoms with Crippen LogP contribution < -0.4 is 0 Å². The molecule has 0 bridgehead atoms. The van der Waals surface area contributed by atoms with E-state index in [1.807, 2.05) is 38.1 Å². The minimum absolute atomic E-state index is 0.0815. The van der Waals surface area contributed by atoms with Crippen molar-refractivity contribution in [2.24, 2.45) is 0 Å². The third-order valence-electron chi connectivity index (χ3n) is 4.26. The number of rotatable bonds is 4. The van der Waals surface area contributed by atoms with Crippen LogP contribution in [-0.4, -0.2) is 8.42 Å². The molecule has 2 aromatic carbocycles. The molecule has 0 aromatic heterocycles. The maximum absolute atomic E-state index is 12.4. The van der Waals surface area contributed by atoms with Gasteiger partial charge >= 0.3 is 0 Å². The van der Waals surface area contributed by atoms with Crippen LogP contribution in [0.25, 0.3) is 10.8 Å². The monoisotopic (exact) mass is 352 g/mol. The van der Waals surface area contributed by atoms with E-state index in [0.29, 0.717) is 5.92 Å². The normalized spacial score (nSPS) is 12.8. The lowest BCUT2D eigenvalue weighted by Gasteiger charge is -2.27. The van der Waals surface area contributed by atoms with Crippen LogP contribution in [0.1, 0.15) is 76.0 Å². The zero-order valence-corrected chi connectivity index (χ0v) is 16.2. The Kier molecular flexibility index (Phi) is 5.12. The Morgan fingerprint density at radius 2 is 1.17 bits per heavy atom.